The van der Waals surface area contributed by atoms with E-state index >= 15 is 0 Å². The molecule has 1 fully saturated rings. The normalized spacial score (nSPS) is 28.5. The molecule has 1 aliphatic heterocycles. The molecule has 7 heteroatoms. The molecule has 21 heavy (non-hydrogen) atoms. The smallest absolute Gasteiger partial charge is 0.269 e. The van der Waals surface area contributed by atoms with E-state index in [1.54, 1.807) is 6.92 Å². The van der Waals surface area contributed by atoms with Gasteiger partial charge in [0.05, 0.1) is 14.6 Å². The summed E-state index contributed by atoms with van der Waals surface area (Å²) in [6.07, 6.45) is 0. The van der Waals surface area contributed by atoms with Crippen molar-refractivity contribution in [2.45, 2.75) is 42.9 Å². The number of nitro groups is 1. The number of nitrogens with zero attached hydrogens (tertiary/aromatic N) is 1. The number of non-ortho nitro benzene ring substituents is 1. The largest absolute Gasteiger partial charge is 0.310 e. The molecule has 1 aromatic rings. The maximum Gasteiger partial charge on any atom is 0.269 e. The first kappa shape index (κ1) is 15.9. The Morgan fingerprint density at radius 3 is 2.14 bits per heavy atom. The Labute approximate surface area is 124 Å². The lowest BCUT2D eigenvalue weighted by molar-refractivity contribution is -0.384. The summed E-state index contributed by atoms with van der Waals surface area (Å²) in [6, 6.07) is 5.09. The zero-order valence-electron chi connectivity index (χ0n) is 12.6. The first-order valence-electron chi connectivity index (χ1n) is 6.76. The summed E-state index contributed by atoms with van der Waals surface area (Å²) < 4.78 is 24.9. The van der Waals surface area contributed by atoms with Crippen LogP contribution in [0.15, 0.2) is 29.2 Å². The molecule has 0 bridgehead atoms. The molecular formula is C14H20N2O4S. The summed E-state index contributed by atoms with van der Waals surface area (Å²) in [6.45, 7) is 7.97. The van der Waals surface area contributed by atoms with E-state index < -0.39 is 19.5 Å². The van der Waals surface area contributed by atoms with Crippen molar-refractivity contribution in [1.29, 1.82) is 0 Å². The van der Waals surface area contributed by atoms with Gasteiger partial charge in [0.1, 0.15) is 0 Å². The van der Waals surface area contributed by atoms with Gasteiger partial charge in [0, 0.05) is 24.2 Å². The molecule has 0 amide bonds. The fourth-order valence-corrected chi connectivity index (χ4v) is 4.87. The van der Waals surface area contributed by atoms with Gasteiger partial charge < -0.3 is 5.32 Å². The lowest BCUT2D eigenvalue weighted by Gasteiger charge is -2.33. The average Bonchev–Trinajstić information content (AvgIpc) is 2.64. The number of hydrogen-bond donors (Lipinski definition) is 1. The van der Waals surface area contributed by atoms with Crippen LogP contribution in [-0.2, 0) is 9.84 Å². The molecule has 0 spiro atoms. The first-order valence-corrected chi connectivity index (χ1v) is 8.25. The molecule has 1 N–H and O–H groups in total. The van der Waals surface area contributed by atoms with Crippen LogP contribution in [0.4, 0.5) is 5.69 Å². The Bertz CT molecular complexity index is 667. The van der Waals surface area contributed by atoms with E-state index in [2.05, 4.69) is 5.32 Å². The fourth-order valence-electron chi connectivity index (χ4n) is 2.82. The van der Waals surface area contributed by atoms with Crippen LogP contribution >= 0.6 is 0 Å². The molecule has 6 nitrogen and oxygen atoms in total. The van der Waals surface area contributed by atoms with E-state index in [1.165, 1.54) is 24.3 Å². The highest BCUT2D eigenvalue weighted by molar-refractivity contribution is 7.92. The minimum atomic E-state index is -3.59. The quantitative estimate of drug-likeness (QED) is 0.682. The second-order valence-corrected chi connectivity index (χ2v) is 8.77. The van der Waals surface area contributed by atoms with Crippen LogP contribution < -0.4 is 5.32 Å². The summed E-state index contributed by atoms with van der Waals surface area (Å²) >= 11 is 0. The zero-order valence-corrected chi connectivity index (χ0v) is 13.4. The van der Waals surface area contributed by atoms with E-state index in [9.17, 15) is 18.5 Å². The third-order valence-corrected chi connectivity index (χ3v) is 7.48. The molecule has 2 atom stereocenters. The van der Waals surface area contributed by atoms with Gasteiger partial charge in [-0.2, -0.15) is 0 Å². The predicted octanol–water partition coefficient (Wildman–Crippen LogP) is 2.15. The van der Waals surface area contributed by atoms with Crippen LogP contribution in [0.2, 0.25) is 0 Å². The Morgan fingerprint density at radius 2 is 1.76 bits per heavy atom. The highest BCUT2D eigenvalue weighted by atomic mass is 32.2. The van der Waals surface area contributed by atoms with Crippen LogP contribution in [0.1, 0.15) is 27.7 Å². The molecule has 0 aromatic heterocycles. The predicted molar refractivity (Wildman–Crippen MR) is 79.9 cm³/mol. The Hall–Kier alpha value is -1.47. The van der Waals surface area contributed by atoms with Crippen molar-refractivity contribution in [3.05, 3.63) is 34.4 Å². The summed E-state index contributed by atoms with van der Waals surface area (Å²) in [4.78, 5) is 10.3. The van der Waals surface area contributed by atoms with Crippen LogP contribution in [-0.4, -0.2) is 30.2 Å². The van der Waals surface area contributed by atoms with Gasteiger partial charge in [0.25, 0.3) is 5.69 Å². The lowest BCUT2D eigenvalue weighted by atomic mass is 9.85. The fraction of sp³-hybridized carbons (Fsp3) is 0.571. The van der Waals surface area contributed by atoms with Crippen molar-refractivity contribution in [3.63, 3.8) is 0 Å². The second-order valence-electron chi connectivity index (χ2n) is 6.36. The standard InChI is InChI=1S/C14H20N2O4S/c1-10-13(2,3)15-9-14(10,4)21(19,20)12-7-5-11(6-8-12)16(17)18/h5-8,10,15H,9H2,1-4H3. The van der Waals surface area contributed by atoms with Gasteiger partial charge in [-0.25, -0.2) is 8.42 Å². The number of nitrogens with one attached hydrogen (secondary N) is 1. The molecule has 1 aromatic carbocycles. The van der Waals surface area contributed by atoms with Crippen molar-refractivity contribution in [3.8, 4) is 0 Å². The Morgan fingerprint density at radius 1 is 1.24 bits per heavy atom. The molecule has 1 aliphatic rings. The molecule has 1 saturated heterocycles. The van der Waals surface area contributed by atoms with E-state index in [0.717, 1.165) is 0 Å². The monoisotopic (exact) mass is 312 g/mol. The summed E-state index contributed by atoms with van der Waals surface area (Å²) in [5.41, 5.74) is -0.389. The van der Waals surface area contributed by atoms with Crippen molar-refractivity contribution < 1.29 is 13.3 Å². The summed E-state index contributed by atoms with van der Waals surface area (Å²) in [5.74, 6) is -0.0924. The van der Waals surface area contributed by atoms with E-state index in [1.807, 2.05) is 20.8 Å². The second kappa shape index (κ2) is 4.78. The van der Waals surface area contributed by atoms with Crippen molar-refractivity contribution >= 4 is 15.5 Å². The number of hydrogen-bond acceptors (Lipinski definition) is 5. The lowest BCUT2D eigenvalue weighted by Crippen LogP contribution is -2.44. The highest BCUT2D eigenvalue weighted by Gasteiger charge is 2.55. The number of sulfone groups is 1. The van der Waals surface area contributed by atoms with Gasteiger partial charge in [-0.15, -0.1) is 0 Å². The molecule has 2 rings (SSSR count). The average molecular weight is 312 g/mol. The molecular weight excluding hydrogens is 292 g/mol. The van der Waals surface area contributed by atoms with Gasteiger partial charge in [-0.3, -0.25) is 10.1 Å². The van der Waals surface area contributed by atoms with Crippen LogP contribution in [0.5, 0.6) is 0 Å². The molecule has 0 saturated carbocycles. The molecule has 0 radical (unpaired) electrons. The van der Waals surface area contributed by atoms with Crippen LogP contribution in [0.3, 0.4) is 0 Å². The van der Waals surface area contributed by atoms with Crippen molar-refractivity contribution in [1.82, 2.24) is 5.32 Å². The van der Waals surface area contributed by atoms with E-state index in [4.69, 9.17) is 0 Å². The van der Waals surface area contributed by atoms with Crippen LogP contribution in [0, 0.1) is 16.0 Å². The number of rotatable bonds is 3. The van der Waals surface area contributed by atoms with Gasteiger partial charge in [0.2, 0.25) is 0 Å². The highest BCUT2D eigenvalue weighted by Crippen LogP contribution is 2.42. The van der Waals surface area contributed by atoms with E-state index in [0.29, 0.717) is 6.54 Å². The minimum absolute atomic E-state index is 0.0924. The number of nitro benzene ring substituents is 1. The van der Waals surface area contributed by atoms with E-state index in [-0.39, 0.29) is 22.0 Å². The first-order chi connectivity index (χ1) is 9.52. The third-order valence-electron chi connectivity index (χ3n) is 4.87. The van der Waals surface area contributed by atoms with Crippen molar-refractivity contribution in [2.75, 3.05) is 6.54 Å². The SMILES string of the molecule is CC1C(C)(C)NCC1(C)S(=O)(=O)c1ccc([N+](=O)[O-])cc1. The van der Waals surface area contributed by atoms with Crippen LogP contribution in [0.25, 0.3) is 0 Å². The molecule has 116 valence electrons. The molecule has 0 aliphatic carbocycles. The molecule has 2 unspecified atom stereocenters. The van der Waals surface area contributed by atoms with Gasteiger partial charge in [0.15, 0.2) is 9.84 Å². The third kappa shape index (κ3) is 2.34. The summed E-state index contributed by atoms with van der Waals surface area (Å²) in [5, 5.41) is 13.9. The maximum atomic E-state index is 12.9. The van der Waals surface area contributed by atoms with Gasteiger partial charge in [-0.05, 0) is 38.8 Å². The summed E-state index contributed by atoms with van der Waals surface area (Å²) in [7, 11) is -3.59. The number of benzene rings is 1. The Balaban J connectivity index is 2.45. The maximum absolute atomic E-state index is 12.9. The topological polar surface area (TPSA) is 89.3 Å². The Kier molecular flexibility index (Phi) is 3.62. The minimum Gasteiger partial charge on any atom is -0.310 e. The van der Waals surface area contributed by atoms with Gasteiger partial charge >= 0.3 is 0 Å². The van der Waals surface area contributed by atoms with Gasteiger partial charge in [-0.1, -0.05) is 6.92 Å². The van der Waals surface area contributed by atoms with Crippen molar-refractivity contribution in [2.24, 2.45) is 5.92 Å². The molecule has 1 heterocycles. The zero-order chi connectivity index (χ0) is 16.1.